The molecular formula is C11H23NO. The van der Waals surface area contributed by atoms with E-state index in [1.165, 1.54) is 45.1 Å². The van der Waals surface area contributed by atoms with Crippen LogP contribution in [0.2, 0.25) is 0 Å². The molecule has 0 amide bonds. The summed E-state index contributed by atoms with van der Waals surface area (Å²) in [4.78, 5) is 0. The molecule has 0 atom stereocenters. The van der Waals surface area contributed by atoms with Crippen molar-refractivity contribution in [2.75, 3.05) is 19.8 Å². The average Bonchev–Trinajstić information content (AvgIpc) is 2.19. The molecule has 0 aromatic rings. The molecule has 1 saturated heterocycles. The number of nitrogens with one attached hydrogen (secondary N) is 1. The van der Waals surface area contributed by atoms with Gasteiger partial charge in [-0.1, -0.05) is 26.2 Å². The van der Waals surface area contributed by atoms with E-state index < -0.39 is 0 Å². The summed E-state index contributed by atoms with van der Waals surface area (Å²) in [7, 11) is 0. The van der Waals surface area contributed by atoms with Crippen molar-refractivity contribution in [2.24, 2.45) is 0 Å². The van der Waals surface area contributed by atoms with Gasteiger partial charge < -0.3 is 10.1 Å². The van der Waals surface area contributed by atoms with Crippen LogP contribution >= 0.6 is 0 Å². The van der Waals surface area contributed by atoms with Gasteiger partial charge in [0.1, 0.15) is 0 Å². The Kier molecular flexibility index (Phi) is 6.21. The van der Waals surface area contributed by atoms with Crippen LogP contribution in [-0.4, -0.2) is 25.8 Å². The van der Waals surface area contributed by atoms with Gasteiger partial charge in [0.2, 0.25) is 0 Å². The minimum atomic E-state index is 0.732. The molecule has 2 nitrogen and oxygen atoms in total. The third-order valence-corrected chi connectivity index (χ3v) is 2.68. The van der Waals surface area contributed by atoms with Crippen molar-refractivity contribution >= 4 is 0 Å². The molecule has 0 aromatic carbocycles. The Hall–Kier alpha value is -0.0800. The summed E-state index contributed by atoms with van der Waals surface area (Å²) in [6.45, 7) is 5.36. The number of hydrogen-bond acceptors (Lipinski definition) is 2. The highest BCUT2D eigenvalue weighted by Crippen LogP contribution is 2.06. The maximum Gasteiger partial charge on any atom is 0.0480 e. The third-order valence-electron chi connectivity index (χ3n) is 2.68. The predicted octanol–water partition coefficient (Wildman–Crippen LogP) is 2.34. The minimum Gasteiger partial charge on any atom is -0.381 e. The molecule has 1 rings (SSSR count). The fourth-order valence-electron chi connectivity index (χ4n) is 1.76. The Balaban J connectivity index is 1.86. The van der Waals surface area contributed by atoms with Gasteiger partial charge in [-0.05, 0) is 25.8 Å². The quantitative estimate of drug-likeness (QED) is 0.641. The van der Waals surface area contributed by atoms with Crippen LogP contribution in [0.25, 0.3) is 0 Å². The fraction of sp³-hybridized carbons (Fsp3) is 1.00. The van der Waals surface area contributed by atoms with Gasteiger partial charge in [0.05, 0.1) is 0 Å². The largest absolute Gasteiger partial charge is 0.381 e. The van der Waals surface area contributed by atoms with Gasteiger partial charge in [0.25, 0.3) is 0 Å². The van der Waals surface area contributed by atoms with E-state index in [0.717, 1.165) is 19.3 Å². The Morgan fingerprint density at radius 2 is 1.92 bits per heavy atom. The Morgan fingerprint density at radius 1 is 1.15 bits per heavy atom. The van der Waals surface area contributed by atoms with Crippen molar-refractivity contribution in [2.45, 2.75) is 51.5 Å². The molecule has 0 saturated carbocycles. The van der Waals surface area contributed by atoms with Crippen LogP contribution in [0.1, 0.15) is 45.4 Å². The third kappa shape index (κ3) is 5.27. The highest BCUT2D eigenvalue weighted by molar-refractivity contribution is 4.69. The molecule has 78 valence electrons. The monoisotopic (exact) mass is 185 g/mol. The summed E-state index contributed by atoms with van der Waals surface area (Å²) < 4.78 is 5.30. The first kappa shape index (κ1) is 11.0. The zero-order chi connectivity index (χ0) is 9.36. The Morgan fingerprint density at radius 3 is 2.62 bits per heavy atom. The van der Waals surface area contributed by atoms with Crippen LogP contribution in [0.15, 0.2) is 0 Å². The van der Waals surface area contributed by atoms with Gasteiger partial charge in [-0.15, -0.1) is 0 Å². The Labute approximate surface area is 82.0 Å². The molecule has 0 bridgehead atoms. The van der Waals surface area contributed by atoms with Gasteiger partial charge >= 0.3 is 0 Å². The summed E-state index contributed by atoms with van der Waals surface area (Å²) in [5, 5.41) is 3.60. The number of rotatable bonds is 6. The highest BCUT2D eigenvalue weighted by Gasteiger charge is 2.11. The first-order valence-electron chi connectivity index (χ1n) is 5.74. The van der Waals surface area contributed by atoms with E-state index in [9.17, 15) is 0 Å². The van der Waals surface area contributed by atoms with Crippen LogP contribution < -0.4 is 5.32 Å². The van der Waals surface area contributed by atoms with E-state index in [1.807, 2.05) is 0 Å². The molecule has 0 aliphatic carbocycles. The molecular weight excluding hydrogens is 162 g/mol. The lowest BCUT2D eigenvalue weighted by atomic mass is 10.1. The zero-order valence-corrected chi connectivity index (χ0v) is 8.85. The summed E-state index contributed by atoms with van der Waals surface area (Å²) >= 11 is 0. The second-order valence-corrected chi connectivity index (χ2v) is 3.90. The number of unbranched alkanes of at least 4 members (excludes halogenated alkanes) is 3. The van der Waals surface area contributed by atoms with E-state index >= 15 is 0 Å². The predicted molar refractivity (Wildman–Crippen MR) is 56.0 cm³/mol. The molecule has 1 aliphatic heterocycles. The van der Waals surface area contributed by atoms with Crippen molar-refractivity contribution in [3.8, 4) is 0 Å². The van der Waals surface area contributed by atoms with Crippen LogP contribution in [0.3, 0.4) is 0 Å². The lowest BCUT2D eigenvalue weighted by Crippen LogP contribution is -2.35. The first-order valence-corrected chi connectivity index (χ1v) is 5.74. The maximum absolute atomic E-state index is 5.30. The van der Waals surface area contributed by atoms with Crippen molar-refractivity contribution in [1.29, 1.82) is 0 Å². The molecule has 0 spiro atoms. The molecule has 1 fully saturated rings. The lowest BCUT2D eigenvalue weighted by Gasteiger charge is -2.23. The molecule has 0 unspecified atom stereocenters. The number of hydrogen-bond donors (Lipinski definition) is 1. The summed E-state index contributed by atoms with van der Waals surface area (Å²) in [6.07, 6.45) is 7.84. The van der Waals surface area contributed by atoms with Crippen molar-refractivity contribution in [3.63, 3.8) is 0 Å². The van der Waals surface area contributed by atoms with Gasteiger partial charge in [0.15, 0.2) is 0 Å². The van der Waals surface area contributed by atoms with Gasteiger partial charge in [0, 0.05) is 19.3 Å². The molecule has 1 heterocycles. The van der Waals surface area contributed by atoms with Gasteiger partial charge in [-0.2, -0.15) is 0 Å². The van der Waals surface area contributed by atoms with Gasteiger partial charge in [-0.25, -0.2) is 0 Å². The molecule has 1 N–H and O–H groups in total. The van der Waals surface area contributed by atoms with Crippen molar-refractivity contribution < 1.29 is 4.74 Å². The summed E-state index contributed by atoms with van der Waals surface area (Å²) in [6, 6.07) is 0.732. The minimum absolute atomic E-state index is 0.732. The molecule has 0 aromatic heterocycles. The maximum atomic E-state index is 5.30. The average molecular weight is 185 g/mol. The van der Waals surface area contributed by atoms with E-state index in [0.29, 0.717) is 0 Å². The van der Waals surface area contributed by atoms with Crippen LogP contribution in [0.4, 0.5) is 0 Å². The summed E-state index contributed by atoms with van der Waals surface area (Å²) in [5.41, 5.74) is 0. The lowest BCUT2D eigenvalue weighted by molar-refractivity contribution is 0.0780. The molecule has 1 aliphatic rings. The standard InChI is InChI=1S/C11H23NO/c1-2-3-4-5-8-12-11-6-9-13-10-7-11/h11-12H,2-10H2,1H3. The van der Waals surface area contributed by atoms with E-state index in [-0.39, 0.29) is 0 Å². The second kappa shape index (κ2) is 7.34. The molecule has 0 radical (unpaired) electrons. The van der Waals surface area contributed by atoms with E-state index in [2.05, 4.69) is 12.2 Å². The smallest absolute Gasteiger partial charge is 0.0480 e. The number of ether oxygens (including phenoxy) is 1. The molecule has 2 heteroatoms. The molecule has 13 heavy (non-hydrogen) atoms. The van der Waals surface area contributed by atoms with Gasteiger partial charge in [-0.3, -0.25) is 0 Å². The van der Waals surface area contributed by atoms with E-state index in [1.54, 1.807) is 0 Å². The first-order chi connectivity index (χ1) is 6.43. The SMILES string of the molecule is CCCCCCNC1CCOCC1. The Bertz CT molecular complexity index is 111. The van der Waals surface area contributed by atoms with Crippen LogP contribution in [-0.2, 0) is 4.74 Å². The summed E-state index contributed by atoms with van der Waals surface area (Å²) in [5.74, 6) is 0. The van der Waals surface area contributed by atoms with Crippen molar-refractivity contribution in [3.05, 3.63) is 0 Å². The fourth-order valence-corrected chi connectivity index (χ4v) is 1.76. The van der Waals surface area contributed by atoms with Crippen molar-refractivity contribution in [1.82, 2.24) is 5.32 Å². The topological polar surface area (TPSA) is 21.3 Å². The highest BCUT2D eigenvalue weighted by atomic mass is 16.5. The van der Waals surface area contributed by atoms with E-state index in [4.69, 9.17) is 4.74 Å². The van der Waals surface area contributed by atoms with Crippen LogP contribution in [0, 0.1) is 0 Å². The second-order valence-electron chi connectivity index (χ2n) is 3.90. The zero-order valence-electron chi connectivity index (χ0n) is 8.85. The normalized spacial score (nSPS) is 19.2. The van der Waals surface area contributed by atoms with Crippen LogP contribution in [0.5, 0.6) is 0 Å².